The Morgan fingerprint density at radius 1 is 1.29 bits per heavy atom. The summed E-state index contributed by atoms with van der Waals surface area (Å²) in [6, 6.07) is 4.12. The van der Waals surface area contributed by atoms with E-state index in [0.717, 1.165) is 0 Å². The molecule has 0 fully saturated rings. The van der Waals surface area contributed by atoms with E-state index >= 15 is 0 Å². The molecule has 3 nitrogen and oxygen atoms in total. The van der Waals surface area contributed by atoms with Crippen molar-refractivity contribution >= 4 is 11.0 Å². The molecule has 0 aliphatic heterocycles. The van der Waals surface area contributed by atoms with Crippen LogP contribution in [-0.4, -0.2) is 4.98 Å². The molecule has 1 aromatic heterocycles. The van der Waals surface area contributed by atoms with E-state index in [0.29, 0.717) is 11.1 Å². The molecule has 0 bridgehead atoms. The average molecular weight is 237 g/mol. The Balaban J connectivity index is 0.00000144. The molecular formula is C13H16FNO2. The zero-order valence-electron chi connectivity index (χ0n) is 9.37. The van der Waals surface area contributed by atoms with Crippen LogP contribution in [0.2, 0.25) is 0 Å². The van der Waals surface area contributed by atoms with Crippen LogP contribution in [-0.2, 0) is 5.41 Å². The molecule has 17 heavy (non-hydrogen) atoms. The predicted octanol–water partition coefficient (Wildman–Crippen LogP) is 3.26. The van der Waals surface area contributed by atoms with Gasteiger partial charge in [-0.3, -0.25) is 0 Å². The fourth-order valence-corrected chi connectivity index (χ4v) is 1.62. The van der Waals surface area contributed by atoms with Crippen LogP contribution < -0.4 is 5.76 Å². The summed E-state index contributed by atoms with van der Waals surface area (Å²) in [6.45, 7) is 5.83. The standard InChI is InChI=1S/C12H12FNO2.CH4/c1-12(2,3)10-8-5-4-7(13)6-9(8)16-11(15)14-10;/h4-6H,1-3H3;1H4. The van der Waals surface area contributed by atoms with Crippen LogP contribution in [0.15, 0.2) is 27.4 Å². The Labute approximate surface area is 99.3 Å². The van der Waals surface area contributed by atoms with Crippen molar-refractivity contribution in [1.29, 1.82) is 0 Å². The van der Waals surface area contributed by atoms with Crippen LogP contribution in [0, 0.1) is 5.82 Å². The maximum atomic E-state index is 13.0. The average Bonchev–Trinajstić information content (AvgIpc) is 2.14. The zero-order valence-corrected chi connectivity index (χ0v) is 9.37. The lowest BCUT2D eigenvalue weighted by Crippen LogP contribution is -2.19. The van der Waals surface area contributed by atoms with Crippen molar-refractivity contribution in [3.8, 4) is 0 Å². The highest BCUT2D eigenvalue weighted by Crippen LogP contribution is 2.26. The van der Waals surface area contributed by atoms with Crippen LogP contribution in [0.1, 0.15) is 33.9 Å². The van der Waals surface area contributed by atoms with Gasteiger partial charge < -0.3 is 4.42 Å². The molecule has 0 radical (unpaired) electrons. The largest absolute Gasteiger partial charge is 0.439 e. The van der Waals surface area contributed by atoms with Crippen LogP contribution in [0.25, 0.3) is 11.0 Å². The molecule has 2 aromatic rings. The van der Waals surface area contributed by atoms with Crippen LogP contribution in [0.5, 0.6) is 0 Å². The van der Waals surface area contributed by atoms with Crippen molar-refractivity contribution in [2.45, 2.75) is 33.6 Å². The minimum Gasteiger partial charge on any atom is -0.408 e. The fourth-order valence-electron chi connectivity index (χ4n) is 1.62. The van der Waals surface area contributed by atoms with Crippen LogP contribution in [0.4, 0.5) is 4.39 Å². The highest BCUT2D eigenvalue weighted by atomic mass is 19.1. The molecule has 0 unspecified atom stereocenters. The second-order valence-electron chi connectivity index (χ2n) is 4.72. The Hall–Kier alpha value is -1.71. The van der Waals surface area contributed by atoms with Gasteiger partial charge in [-0.05, 0) is 12.1 Å². The van der Waals surface area contributed by atoms with Gasteiger partial charge in [0.1, 0.15) is 11.4 Å². The monoisotopic (exact) mass is 237 g/mol. The molecule has 0 atom stereocenters. The molecule has 0 amide bonds. The van der Waals surface area contributed by atoms with Gasteiger partial charge in [-0.25, -0.2) is 9.18 Å². The lowest BCUT2D eigenvalue weighted by molar-refractivity contribution is 0.495. The van der Waals surface area contributed by atoms with Crippen LogP contribution in [0.3, 0.4) is 0 Å². The number of aromatic nitrogens is 1. The molecule has 92 valence electrons. The number of benzene rings is 1. The first-order chi connectivity index (χ1) is 7.38. The zero-order chi connectivity index (χ0) is 11.9. The number of fused-ring (bicyclic) bond motifs is 1. The van der Waals surface area contributed by atoms with Gasteiger partial charge in [0.05, 0.1) is 5.69 Å². The number of nitrogens with zero attached hydrogens (tertiary/aromatic N) is 1. The van der Waals surface area contributed by atoms with Gasteiger partial charge in [-0.15, -0.1) is 0 Å². The Kier molecular flexibility index (Phi) is 3.36. The molecule has 1 heterocycles. The minimum atomic E-state index is -0.692. The fraction of sp³-hybridized carbons (Fsp3) is 0.385. The first-order valence-corrected chi connectivity index (χ1v) is 4.99. The van der Waals surface area contributed by atoms with Crippen molar-refractivity contribution in [2.75, 3.05) is 0 Å². The number of rotatable bonds is 0. The summed E-state index contributed by atoms with van der Waals surface area (Å²) < 4.78 is 17.9. The summed E-state index contributed by atoms with van der Waals surface area (Å²) in [5.74, 6) is -1.12. The predicted molar refractivity (Wildman–Crippen MR) is 65.7 cm³/mol. The maximum Gasteiger partial charge on any atom is 0.439 e. The van der Waals surface area contributed by atoms with E-state index in [1.54, 1.807) is 6.07 Å². The highest BCUT2D eigenvalue weighted by Gasteiger charge is 2.20. The van der Waals surface area contributed by atoms with E-state index in [-0.39, 0.29) is 18.4 Å². The Morgan fingerprint density at radius 3 is 2.53 bits per heavy atom. The first-order valence-electron chi connectivity index (χ1n) is 4.99. The molecule has 0 aliphatic rings. The summed E-state index contributed by atoms with van der Waals surface area (Å²) in [5, 5.41) is 0.675. The van der Waals surface area contributed by atoms with E-state index in [4.69, 9.17) is 4.42 Å². The molecule has 0 spiro atoms. The molecule has 2 rings (SSSR count). The van der Waals surface area contributed by atoms with Crippen LogP contribution >= 0.6 is 0 Å². The smallest absolute Gasteiger partial charge is 0.408 e. The normalized spacial score (nSPS) is 11.3. The minimum absolute atomic E-state index is 0. The van der Waals surface area contributed by atoms with E-state index in [9.17, 15) is 9.18 Å². The number of halogens is 1. The van der Waals surface area contributed by atoms with Gasteiger partial charge >= 0.3 is 5.76 Å². The third-order valence-electron chi connectivity index (χ3n) is 2.31. The molecule has 0 aliphatic carbocycles. The van der Waals surface area contributed by atoms with Gasteiger partial charge in [0, 0.05) is 16.9 Å². The van der Waals surface area contributed by atoms with Gasteiger partial charge in [-0.2, -0.15) is 4.98 Å². The van der Waals surface area contributed by atoms with Gasteiger partial charge in [0.15, 0.2) is 0 Å². The summed E-state index contributed by atoms with van der Waals surface area (Å²) in [5.41, 5.74) is 0.579. The molecule has 4 heteroatoms. The maximum absolute atomic E-state index is 13.0. The third-order valence-corrected chi connectivity index (χ3v) is 2.31. The molecule has 0 saturated carbocycles. The van der Waals surface area contributed by atoms with E-state index in [1.807, 2.05) is 20.8 Å². The highest BCUT2D eigenvalue weighted by molar-refractivity contribution is 5.79. The van der Waals surface area contributed by atoms with E-state index in [1.165, 1.54) is 12.1 Å². The van der Waals surface area contributed by atoms with E-state index in [2.05, 4.69) is 4.98 Å². The second-order valence-corrected chi connectivity index (χ2v) is 4.72. The topological polar surface area (TPSA) is 43.1 Å². The van der Waals surface area contributed by atoms with Gasteiger partial charge in [0.2, 0.25) is 0 Å². The first kappa shape index (κ1) is 13.4. The molecular weight excluding hydrogens is 221 g/mol. The number of hydrogen-bond acceptors (Lipinski definition) is 3. The second kappa shape index (κ2) is 4.28. The summed E-state index contributed by atoms with van der Waals surface area (Å²) in [4.78, 5) is 15.1. The molecule has 0 saturated heterocycles. The quantitative estimate of drug-likeness (QED) is 0.706. The third kappa shape index (κ3) is 2.52. The van der Waals surface area contributed by atoms with E-state index < -0.39 is 11.6 Å². The Bertz CT molecular complexity index is 596. The Morgan fingerprint density at radius 2 is 1.94 bits per heavy atom. The van der Waals surface area contributed by atoms with Crippen molar-refractivity contribution in [2.24, 2.45) is 0 Å². The molecule has 0 N–H and O–H groups in total. The SMILES string of the molecule is C.CC(C)(C)c1nc(=O)oc2cc(F)ccc12. The number of hydrogen-bond donors (Lipinski definition) is 0. The lowest BCUT2D eigenvalue weighted by Gasteiger charge is -2.18. The summed E-state index contributed by atoms with van der Waals surface area (Å²) in [6.07, 6.45) is 0. The van der Waals surface area contributed by atoms with Gasteiger partial charge in [0.25, 0.3) is 0 Å². The van der Waals surface area contributed by atoms with Gasteiger partial charge in [-0.1, -0.05) is 28.2 Å². The summed E-state index contributed by atoms with van der Waals surface area (Å²) >= 11 is 0. The lowest BCUT2D eigenvalue weighted by atomic mass is 9.89. The van der Waals surface area contributed by atoms with Crippen molar-refractivity contribution in [3.63, 3.8) is 0 Å². The summed E-state index contributed by atoms with van der Waals surface area (Å²) in [7, 11) is 0. The van der Waals surface area contributed by atoms with Crippen molar-refractivity contribution < 1.29 is 8.81 Å². The van der Waals surface area contributed by atoms with Crippen molar-refractivity contribution in [3.05, 3.63) is 40.3 Å². The van der Waals surface area contributed by atoms with Crippen molar-refractivity contribution in [1.82, 2.24) is 4.98 Å². The molecule has 1 aromatic carbocycles.